The van der Waals surface area contributed by atoms with Crippen molar-refractivity contribution in [3.8, 4) is 22.4 Å². The van der Waals surface area contributed by atoms with Gasteiger partial charge in [-0.05, 0) is 22.8 Å². The third-order valence-electron chi connectivity index (χ3n) is 5.13. The topological polar surface area (TPSA) is 55.2 Å². The van der Waals surface area contributed by atoms with E-state index in [1.54, 1.807) is 18.0 Å². The number of nitrogens with zero attached hydrogens (tertiary/aromatic N) is 3. The van der Waals surface area contributed by atoms with Gasteiger partial charge in [0.15, 0.2) is 0 Å². The number of hydrogen-bond acceptors (Lipinski definition) is 3. The van der Waals surface area contributed by atoms with Gasteiger partial charge in [-0.25, -0.2) is 4.68 Å². The summed E-state index contributed by atoms with van der Waals surface area (Å²) in [6, 6.07) is 31.0. The predicted octanol–water partition coefficient (Wildman–Crippen LogP) is 4.24. The summed E-state index contributed by atoms with van der Waals surface area (Å²) in [6.45, 7) is 0.360. The van der Waals surface area contributed by atoms with E-state index in [2.05, 4.69) is 29.4 Å². The largest absolute Gasteiger partial charge is 0.340 e. The van der Waals surface area contributed by atoms with Crippen LogP contribution in [0.1, 0.15) is 5.56 Å². The van der Waals surface area contributed by atoms with Gasteiger partial charge in [-0.15, -0.1) is 0 Å². The van der Waals surface area contributed by atoms with Crippen LogP contribution < -0.4 is 5.56 Å². The summed E-state index contributed by atoms with van der Waals surface area (Å²) in [4.78, 5) is 26.6. The molecule has 0 atom stereocenters. The second kappa shape index (κ2) is 9.22. The van der Waals surface area contributed by atoms with Crippen LogP contribution in [0.4, 0.5) is 0 Å². The molecule has 0 bridgehead atoms. The first-order valence-electron chi connectivity index (χ1n) is 10.1. The van der Waals surface area contributed by atoms with Crippen molar-refractivity contribution in [2.45, 2.75) is 13.1 Å². The Labute approximate surface area is 181 Å². The van der Waals surface area contributed by atoms with E-state index in [0.717, 1.165) is 22.3 Å². The van der Waals surface area contributed by atoms with Crippen LogP contribution in [0.15, 0.2) is 102 Å². The van der Waals surface area contributed by atoms with Crippen LogP contribution >= 0.6 is 0 Å². The van der Waals surface area contributed by atoms with Gasteiger partial charge in [0.25, 0.3) is 5.56 Å². The molecule has 0 fully saturated rings. The smallest absolute Gasteiger partial charge is 0.267 e. The zero-order chi connectivity index (χ0) is 21.6. The summed E-state index contributed by atoms with van der Waals surface area (Å²) in [6.07, 6.45) is 0. The van der Waals surface area contributed by atoms with Crippen molar-refractivity contribution in [3.63, 3.8) is 0 Å². The highest BCUT2D eigenvalue weighted by Gasteiger charge is 2.13. The van der Waals surface area contributed by atoms with E-state index in [1.165, 1.54) is 10.7 Å². The van der Waals surface area contributed by atoms with Gasteiger partial charge in [0.2, 0.25) is 5.91 Å². The van der Waals surface area contributed by atoms with Crippen LogP contribution in [-0.4, -0.2) is 27.6 Å². The lowest BCUT2D eigenvalue weighted by Gasteiger charge is -2.18. The second-order valence-electron chi connectivity index (χ2n) is 7.39. The highest BCUT2D eigenvalue weighted by Crippen LogP contribution is 2.20. The Morgan fingerprint density at radius 3 is 2.00 bits per heavy atom. The van der Waals surface area contributed by atoms with E-state index in [0.29, 0.717) is 12.2 Å². The number of benzene rings is 3. The number of rotatable bonds is 6. The Morgan fingerprint density at radius 2 is 1.35 bits per heavy atom. The van der Waals surface area contributed by atoms with Crippen molar-refractivity contribution in [2.75, 3.05) is 7.05 Å². The average Bonchev–Trinajstić information content (AvgIpc) is 2.82. The molecular formula is C26H23N3O2. The molecule has 0 saturated carbocycles. The zero-order valence-electron chi connectivity index (χ0n) is 17.3. The highest BCUT2D eigenvalue weighted by atomic mass is 16.2. The van der Waals surface area contributed by atoms with Crippen molar-refractivity contribution < 1.29 is 4.79 Å². The SMILES string of the molecule is CN(Cc1ccc(-c2ccccc2)cc1)C(=O)Cn1nc(-c2ccccc2)ccc1=O. The number of carbonyl (C=O) groups excluding carboxylic acids is 1. The summed E-state index contributed by atoms with van der Waals surface area (Å²) < 4.78 is 1.22. The molecule has 1 amide bonds. The fraction of sp³-hybridized carbons (Fsp3) is 0.115. The Hall–Kier alpha value is -3.99. The van der Waals surface area contributed by atoms with Crippen LogP contribution in [0.2, 0.25) is 0 Å². The van der Waals surface area contributed by atoms with E-state index >= 15 is 0 Å². The molecule has 0 radical (unpaired) electrons. The van der Waals surface area contributed by atoms with Crippen LogP contribution in [0.3, 0.4) is 0 Å². The molecule has 0 N–H and O–H groups in total. The van der Waals surface area contributed by atoms with E-state index in [1.807, 2.05) is 60.7 Å². The van der Waals surface area contributed by atoms with Gasteiger partial charge < -0.3 is 4.90 Å². The Kier molecular flexibility index (Phi) is 6.03. The maximum atomic E-state index is 12.7. The number of amides is 1. The van der Waals surface area contributed by atoms with Gasteiger partial charge in [-0.3, -0.25) is 9.59 Å². The number of carbonyl (C=O) groups is 1. The van der Waals surface area contributed by atoms with Crippen molar-refractivity contribution in [2.24, 2.45) is 0 Å². The van der Waals surface area contributed by atoms with Gasteiger partial charge >= 0.3 is 0 Å². The Balaban J connectivity index is 1.44. The van der Waals surface area contributed by atoms with Crippen LogP contribution in [0.25, 0.3) is 22.4 Å². The van der Waals surface area contributed by atoms with Crippen molar-refractivity contribution in [1.82, 2.24) is 14.7 Å². The quantitative estimate of drug-likeness (QED) is 0.479. The molecule has 0 saturated heterocycles. The van der Waals surface area contributed by atoms with Gasteiger partial charge in [-0.2, -0.15) is 5.10 Å². The predicted molar refractivity (Wildman–Crippen MR) is 122 cm³/mol. The molecule has 0 spiro atoms. The zero-order valence-corrected chi connectivity index (χ0v) is 17.3. The number of aromatic nitrogens is 2. The molecule has 31 heavy (non-hydrogen) atoms. The van der Waals surface area contributed by atoms with Crippen molar-refractivity contribution in [3.05, 3.63) is 113 Å². The molecule has 0 aliphatic rings. The maximum absolute atomic E-state index is 12.7. The highest BCUT2D eigenvalue weighted by molar-refractivity contribution is 5.75. The fourth-order valence-corrected chi connectivity index (χ4v) is 3.37. The first-order valence-corrected chi connectivity index (χ1v) is 10.1. The normalized spacial score (nSPS) is 10.6. The van der Waals surface area contributed by atoms with Gasteiger partial charge in [-0.1, -0.05) is 84.9 Å². The molecule has 1 aromatic heterocycles. The van der Waals surface area contributed by atoms with Gasteiger partial charge in [0, 0.05) is 25.2 Å². The van der Waals surface area contributed by atoms with Crippen molar-refractivity contribution in [1.29, 1.82) is 0 Å². The minimum absolute atomic E-state index is 0.0991. The number of likely N-dealkylation sites (N-methyl/N-ethyl adjacent to an activating group) is 1. The first-order chi connectivity index (χ1) is 15.1. The van der Waals surface area contributed by atoms with E-state index in [-0.39, 0.29) is 18.0 Å². The standard InChI is InChI=1S/C26H23N3O2/c1-28(18-20-12-14-22(15-13-20)21-8-4-2-5-9-21)26(31)19-29-25(30)17-16-24(27-29)23-10-6-3-7-11-23/h2-17H,18-19H2,1H3. The molecule has 3 aromatic carbocycles. The molecule has 154 valence electrons. The minimum Gasteiger partial charge on any atom is -0.340 e. The van der Waals surface area contributed by atoms with E-state index in [4.69, 9.17) is 0 Å². The molecular weight excluding hydrogens is 386 g/mol. The molecule has 5 heteroatoms. The third kappa shape index (κ3) is 4.95. The molecule has 0 aliphatic heterocycles. The monoisotopic (exact) mass is 409 g/mol. The van der Waals surface area contributed by atoms with Gasteiger partial charge in [0.1, 0.15) is 6.54 Å². The lowest BCUT2D eigenvalue weighted by molar-refractivity contribution is -0.131. The van der Waals surface area contributed by atoms with Gasteiger partial charge in [0.05, 0.1) is 5.69 Å². The molecule has 4 aromatic rings. The molecule has 0 unspecified atom stereocenters. The third-order valence-corrected chi connectivity index (χ3v) is 5.13. The summed E-state index contributed by atoms with van der Waals surface area (Å²) in [5.41, 5.74) is 4.57. The number of hydrogen-bond donors (Lipinski definition) is 0. The first kappa shape index (κ1) is 20.3. The van der Waals surface area contributed by atoms with E-state index < -0.39 is 0 Å². The Bertz CT molecular complexity index is 1220. The van der Waals surface area contributed by atoms with Crippen LogP contribution in [-0.2, 0) is 17.9 Å². The second-order valence-corrected chi connectivity index (χ2v) is 7.39. The summed E-state index contributed by atoms with van der Waals surface area (Å²) in [7, 11) is 1.74. The molecule has 0 aliphatic carbocycles. The van der Waals surface area contributed by atoms with Crippen LogP contribution in [0.5, 0.6) is 0 Å². The Morgan fingerprint density at radius 1 is 0.774 bits per heavy atom. The summed E-state index contributed by atoms with van der Waals surface area (Å²) in [5, 5.41) is 4.37. The molecule has 4 rings (SSSR count). The summed E-state index contributed by atoms with van der Waals surface area (Å²) in [5.74, 6) is -0.174. The fourth-order valence-electron chi connectivity index (χ4n) is 3.37. The van der Waals surface area contributed by atoms with Crippen molar-refractivity contribution >= 4 is 5.91 Å². The lowest BCUT2D eigenvalue weighted by atomic mass is 10.0. The summed E-state index contributed by atoms with van der Waals surface area (Å²) >= 11 is 0. The average molecular weight is 409 g/mol. The lowest BCUT2D eigenvalue weighted by Crippen LogP contribution is -2.34. The maximum Gasteiger partial charge on any atom is 0.267 e. The molecule has 1 heterocycles. The minimum atomic E-state index is -0.298. The van der Waals surface area contributed by atoms with E-state index in [9.17, 15) is 9.59 Å². The van der Waals surface area contributed by atoms with Crippen LogP contribution in [0, 0.1) is 0 Å². The molecule has 5 nitrogen and oxygen atoms in total.